The van der Waals surface area contributed by atoms with Crippen molar-refractivity contribution in [2.75, 3.05) is 7.05 Å². The van der Waals surface area contributed by atoms with Gasteiger partial charge in [-0.15, -0.1) is 0 Å². The van der Waals surface area contributed by atoms with E-state index in [0.717, 1.165) is 5.56 Å². The van der Waals surface area contributed by atoms with Crippen molar-refractivity contribution in [2.45, 2.75) is 0 Å². The van der Waals surface area contributed by atoms with Crippen molar-refractivity contribution in [3.63, 3.8) is 0 Å². The molecule has 3 heteroatoms. The fourth-order valence-electron chi connectivity index (χ4n) is 0.851. The van der Waals surface area contributed by atoms with Gasteiger partial charge in [0.05, 0.1) is 0 Å². The van der Waals surface area contributed by atoms with E-state index >= 15 is 0 Å². The molecule has 0 aliphatic heterocycles. The molecule has 0 saturated carbocycles. The molecule has 64 valence electrons. The standard InChI is InChI=1S/C9H9Cl2N/c1-12-3-2-7-4-8(10)6-9(11)5-7/h2-6,12H,1H3/b3-2+. The van der Waals surface area contributed by atoms with Gasteiger partial charge in [0.25, 0.3) is 0 Å². The van der Waals surface area contributed by atoms with Crippen LogP contribution in [0.3, 0.4) is 0 Å². The molecule has 0 atom stereocenters. The highest BCUT2D eigenvalue weighted by atomic mass is 35.5. The topological polar surface area (TPSA) is 12.0 Å². The van der Waals surface area contributed by atoms with Crippen molar-refractivity contribution >= 4 is 29.3 Å². The molecule has 12 heavy (non-hydrogen) atoms. The minimum Gasteiger partial charge on any atom is -0.394 e. The highest BCUT2D eigenvalue weighted by Crippen LogP contribution is 2.19. The van der Waals surface area contributed by atoms with Crippen molar-refractivity contribution in [3.05, 3.63) is 40.0 Å². The van der Waals surface area contributed by atoms with E-state index in [4.69, 9.17) is 23.2 Å². The van der Waals surface area contributed by atoms with Crippen LogP contribution in [0.15, 0.2) is 24.4 Å². The van der Waals surface area contributed by atoms with Crippen LogP contribution in [0.4, 0.5) is 0 Å². The predicted molar refractivity (Wildman–Crippen MR) is 54.6 cm³/mol. The highest BCUT2D eigenvalue weighted by molar-refractivity contribution is 6.34. The van der Waals surface area contributed by atoms with Gasteiger partial charge in [-0.2, -0.15) is 0 Å². The van der Waals surface area contributed by atoms with Gasteiger partial charge in [0.2, 0.25) is 0 Å². The first kappa shape index (κ1) is 9.43. The average molecular weight is 202 g/mol. The Morgan fingerprint density at radius 2 is 1.75 bits per heavy atom. The minimum absolute atomic E-state index is 0.651. The van der Waals surface area contributed by atoms with E-state index < -0.39 is 0 Å². The Labute approximate surface area is 82.0 Å². The summed E-state index contributed by atoms with van der Waals surface area (Å²) in [7, 11) is 1.84. The Balaban J connectivity index is 2.93. The molecule has 0 radical (unpaired) electrons. The van der Waals surface area contributed by atoms with Crippen LogP contribution in [0.5, 0.6) is 0 Å². The number of hydrogen-bond acceptors (Lipinski definition) is 1. The molecule has 1 aromatic carbocycles. The first-order valence-electron chi connectivity index (χ1n) is 3.52. The predicted octanol–water partition coefficient (Wildman–Crippen LogP) is 3.18. The van der Waals surface area contributed by atoms with Crippen LogP contribution in [0.25, 0.3) is 6.08 Å². The molecule has 1 N–H and O–H groups in total. The fraction of sp³-hybridized carbons (Fsp3) is 0.111. The van der Waals surface area contributed by atoms with E-state index in [2.05, 4.69) is 5.32 Å². The van der Waals surface area contributed by atoms with Crippen molar-refractivity contribution in [2.24, 2.45) is 0 Å². The molecule has 0 unspecified atom stereocenters. The molecule has 1 aromatic rings. The summed E-state index contributed by atoms with van der Waals surface area (Å²) in [6, 6.07) is 5.41. The van der Waals surface area contributed by atoms with Crippen LogP contribution in [0, 0.1) is 0 Å². The lowest BCUT2D eigenvalue weighted by atomic mass is 10.2. The molecule has 1 rings (SSSR count). The Morgan fingerprint density at radius 3 is 2.25 bits per heavy atom. The third-order valence-electron chi connectivity index (χ3n) is 1.33. The van der Waals surface area contributed by atoms with Crippen LogP contribution in [0.2, 0.25) is 10.0 Å². The maximum Gasteiger partial charge on any atom is 0.0426 e. The van der Waals surface area contributed by atoms with Crippen LogP contribution in [-0.4, -0.2) is 7.05 Å². The minimum atomic E-state index is 0.651. The molecule has 0 bridgehead atoms. The van der Waals surface area contributed by atoms with Crippen LogP contribution < -0.4 is 5.32 Å². The van der Waals surface area contributed by atoms with Crippen molar-refractivity contribution in [1.82, 2.24) is 5.32 Å². The molecule has 0 spiro atoms. The number of halogens is 2. The second-order valence-corrected chi connectivity index (χ2v) is 3.20. The normalized spacial score (nSPS) is 10.6. The van der Waals surface area contributed by atoms with E-state index in [-0.39, 0.29) is 0 Å². The van der Waals surface area contributed by atoms with Crippen molar-refractivity contribution < 1.29 is 0 Å². The molecular formula is C9H9Cl2N. The lowest BCUT2D eigenvalue weighted by molar-refractivity contribution is 1.11. The second kappa shape index (κ2) is 4.39. The lowest BCUT2D eigenvalue weighted by Gasteiger charge is -1.96. The quantitative estimate of drug-likeness (QED) is 0.776. The summed E-state index contributed by atoms with van der Waals surface area (Å²) in [5.41, 5.74) is 0.988. The van der Waals surface area contributed by atoms with Gasteiger partial charge < -0.3 is 5.32 Å². The molecule has 0 amide bonds. The molecule has 0 heterocycles. The monoisotopic (exact) mass is 201 g/mol. The zero-order valence-corrected chi connectivity index (χ0v) is 8.15. The number of benzene rings is 1. The molecule has 0 aromatic heterocycles. The van der Waals surface area contributed by atoms with Gasteiger partial charge in [-0.1, -0.05) is 23.2 Å². The first-order valence-corrected chi connectivity index (χ1v) is 4.28. The van der Waals surface area contributed by atoms with E-state index in [0.29, 0.717) is 10.0 Å². The van der Waals surface area contributed by atoms with Gasteiger partial charge in [-0.25, -0.2) is 0 Å². The van der Waals surface area contributed by atoms with Gasteiger partial charge in [-0.05, 0) is 36.0 Å². The van der Waals surface area contributed by atoms with Crippen molar-refractivity contribution in [1.29, 1.82) is 0 Å². The zero-order valence-electron chi connectivity index (χ0n) is 6.64. The number of nitrogens with one attached hydrogen (secondary N) is 1. The second-order valence-electron chi connectivity index (χ2n) is 2.32. The highest BCUT2D eigenvalue weighted by Gasteiger charge is 1.93. The molecular weight excluding hydrogens is 193 g/mol. The van der Waals surface area contributed by atoms with E-state index in [9.17, 15) is 0 Å². The van der Waals surface area contributed by atoms with E-state index in [1.807, 2.05) is 31.5 Å². The SMILES string of the molecule is CN/C=C/c1cc(Cl)cc(Cl)c1. The summed E-state index contributed by atoms with van der Waals surface area (Å²) < 4.78 is 0. The maximum atomic E-state index is 5.79. The van der Waals surface area contributed by atoms with Gasteiger partial charge in [0, 0.05) is 17.1 Å². The smallest absolute Gasteiger partial charge is 0.0426 e. The summed E-state index contributed by atoms with van der Waals surface area (Å²) in [5.74, 6) is 0. The van der Waals surface area contributed by atoms with Crippen LogP contribution in [0.1, 0.15) is 5.56 Å². The van der Waals surface area contributed by atoms with Crippen LogP contribution >= 0.6 is 23.2 Å². The van der Waals surface area contributed by atoms with E-state index in [1.54, 1.807) is 6.07 Å². The largest absolute Gasteiger partial charge is 0.394 e. The molecule has 0 saturated heterocycles. The van der Waals surface area contributed by atoms with Gasteiger partial charge in [0.1, 0.15) is 0 Å². The Morgan fingerprint density at radius 1 is 1.17 bits per heavy atom. The zero-order chi connectivity index (χ0) is 8.97. The van der Waals surface area contributed by atoms with Gasteiger partial charge in [0.15, 0.2) is 0 Å². The van der Waals surface area contributed by atoms with Gasteiger partial charge in [-0.3, -0.25) is 0 Å². The third-order valence-corrected chi connectivity index (χ3v) is 1.76. The third kappa shape index (κ3) is 2.76. The summed E-state index contributed by atoms with van der Waals surface area (Å²) in [6.45, 7) is 0. The maximum absolute atomic E-state index is 5.79. The number of rotatable bonds is 2. The summed E-state index contributed by atoms with van der Waals surface area (Å²) in [5, 5.41) is 4.19. The average Bonchev–Trinajstić information content (AvgIpc) is 1.99. The Hall–Kier alpha value is -0.660. The number of hydrogen-bond donors (Lipinski definition) is 1. The summed E-state index contributed by atoms with van der Waals surface area (Å²) in [4.78, 5) is 0. The van der Waals surface area contributed by atoms with E-state index in [1.165, 1.54) is 0 Å². The molecule has 0 aliphatic carbocycles. The first-order chi connectivity index (χ1) is 5.72. The molecule has 1 nitrogen and oxygen atoms in total. The van der Waals surface area contributed by atoms with Gasteiger partial charge >= 0.3 is 0 Å². The van der Waals surface area contributed by atoms with Crippen molar-refractivity contribution in [3.8, 4) is 0 Å². The lowest BCUT2D eigenvalue weighted by Crippen LogP contribution is -1.90. The fourth-order valence-corrected chi connectivity index (χ4v) is 1.39. The summed E-state index contributed by atoms with van der Waals surface area (Å²) >= 11 is 11.6. The Bertz CT molecular complexity index is 274. The summed E-state index contributed by atoms with van der Waals surface area (Å²) in [6.07, 6.45) is 3.72. The Kier molecular flexibility index (Phi) is 3.45. The molecule has 0 fully saturated rings. The molecule has 0 aliphatic rings. The van der Waals surface area contributed by atoms with Crippen LogP contribution in [-0.2, 0) is 0 Å².